The van der Waals surface area contributed by atoms with Crippen LogP contribution in [-0.2, 0) is 4.79 Å². The summed E-state index contributed by atoms with van der Waals surface area (Å²) in [5.74, 6) is -0.996. The van der Waals surface area contributed by atoms with Gasteiger partial charge in [-0.15, -0.1) is 0 Å². The van der Waals surface area contributed by atoms with Gasteiger partial charge < -0.3 is 9.74 Å². The van der Waals surface area contributed by atoms with Crippen LogP contribution in [0.2, 0.25) is 0 Å². The maximum atomic E-state index is 10.9. The normalized spacial score (nSPS) is 9.33. The Labute approximate surface area is 101 Å². The molecule has 1 aromatic rings. The molecule has 1 heterocycles. The summed E-state index contributed by atoms with van der Waals surface area (Å²) in [7, 11) is 6.00. The van der Waals surface area contributed by atoms with E-state index in [9.17, 15) is 19.2 Å². The molecule has 2 N–H and O–H groups in total. The summed E-state index contributed by atoms with van der Waals surface area (Å²) in [6.45, 7) is 3.06. The van der Waals surface area contributed by atoms with Gasteiger partial charge in [0.1, 0.15) is 0 Å². The molecule has 0 spiro atoms. The number of aromatic amines is 2. The van der Waals surface area contributed by atoms with E-state index in [1.54, 1.807) is 9.97 Å². The largest absolute Gasteiger partial charge is 0.367 e. The van der Waals surface area contributed by atoms with Crippen molar-refractivity contribution in [1.82, 2.24) is 19.6 Å². The van der Waals surface area contributed by atoms with Crippen molar-refractivity contribution in [2.45, 2.75) is 0 Å². The molecule has 0 saturated heterocycles. The van der Waals surface area contributed by atoms with E-state index in [0.29, 0.717) is 0 Å². The van der Waals surface area contributed by atoms with Gasteiger partial charge in [0.2, 0.25) is 0 Å². The highest BCUT2D eigenvalue weighted by atomic mass is 16.7. The Morgan fingerprint density at radius 2 is 1.61 bits per heavy atom. The molecule has 9 heteroatoms. The van der Waals surface area contributed by atoms with Crippen molar-refractivity contribution in [2.75, 3.05) is 21.1 Å². The van der Waals surface area contributed by atoms with Crippen molar-refractivity contribution in [3.63, 3.8) is 0 Å². The Hall–Kier alpha value is -2.42. The maximum Gasteiger partial charge on any atom is 0.367 e. The number of hydrogen-bond acceptors (Lipinski definition) is 6. The molecule has 1 aromatic heterocycles. The first kappa shape index (κ1) is 15.6. The van der Waals surface area contributed by atoms with Crippen LogP contribution in [0.3, 0.4) is 0 Å². The Morgan fingerprint density at radius 3 is 1.94 bits per heavy atom. The van der Waals surface area contributed by atoms with Gasteiger partial charge in [0.15, 0.2) is 0 Å². The first-order chi connectivity index (χ1) is 8.27. The van der Waals surface area contributed by atoms with Crippen molar-refractivity contribution < 1.29 is 9.63 Å². The molecule has 18 heavy (non-hydrogen) atoms. The summed E-state index contributed by atoms with van der Waals surface area (Å²) in [4.78, 5) is 52.5. The van der Waals surface area contributed by atoms with E-state index in [1.165, 1.54) is 0 Å². The first-order valence-electron chi connectivity index (χ1n) is 4.69. The van der Waals surface area contributed by atoms with Gasteiger partial charge in [0.05, 0.1) is 0 Å². The van der Waals surface area contributed by atoms with E-state index in [0.717, 1.165) is 6.08 Å². The van der Waals surface area contributed by atoms with E-state index in [1.807, 2.05) is 26.0 Å². The quantitative estimate of drug-likeness (QED) is 0.568. The number of carbonyl (C=O) groups excluding carboxylic acids is 1. The van der Waals surface area contributed by atoms with E-state index in [4.69, 9.17) is 0 Å². The van der Waals surface area contributed by atoms with Crippen LogP contribution in [0.5, 0.6) is 0 Å². The molecule has 0 aliphatic carbocycles. The zero-order chi connectivity index (χ0) is 14.3. The highest BCUT2D eigenvalue weighted by Crippen LogP contribution is 1.67. The van der Waals surface area contributed by atoms with Crippen LogP contribution in [-0.4, -0.2) is 46.7 Å². The van der Waals surface area contributed by atoms with Gasteiger partial charge in [-0.2, -0.15) is 0 Å². The van der Waals surface area contributed by atoms with Gasteiger partial charge in [-0.05, 0) is 21.1 Å². The van der Waals surface area contributed by atoms with Crippen LogP contribution in [0, 0.1) is 0 Å². The van der Waals surface area contributed by atoms with Crippen LogP contribution in [0.25, 0.3) is 0 Å². The second kappa shape index (κ2) is 7.01. The second-order valence-corrected chi connectivity index (χ2v) is 3.44. The molecule has 0 aliphatic rings. The minimum atomic E-state index is -1.14. The lowest BCUT2D eigenvalue weighted by molar-refractivity contribution is -0.139. The lowest BCUT2D eigenvalue weighted by Crippen LogP contribution is -2.47. The van der Waals surface area contributed by atoms with Crippen molar-refractivity contribution in [3.05, 3.63) is 44.1 Å². The van der Waals surface area contributed by atoms with E-state index >= 15 is 0 Å². The third kappa shape index (κ3) is 5.61. The average molecular weight is 258 g/mol. The van der Waals surface area contributed by atoms with Crippen LogP contribution in [0.15, 0.2) is 27.0 Å². The van der Waals surface area contributed by atoms with E-state index < -0.39 is 23.0 Å². The summed E-state index contributed by atoms with van der Waals surface area (Å²) < 4.78 is 0.0748. The van der Waals surface area contributed by atoms with Crippen LogP contribution in [0.1, 0.15) is 0 Å². The Bertz CT molecular complexity index is 543. The molecular weight excluding hydrogens is 244 g/mol. The molecule has 9 nitrogen and oxygen atoms in total. The van der Waals surface area contributed by atoms with E-state index in [-0.39, 0.29) is 4.73 Å². The summed E-state index contributed by atoms with van der Waals surface area (Å²) in [5, 5.41) is 0. The predicted octanol–water partition coefficient (Wildman–Crippen LogP) is -2.46. The molecule has 1 rings (SSSR count). The molecule has 0 fully saturated rings. The SMILES string of the molecule is C=CC(=O)On1c(=O)[nH]c(=O)[nH]c1=O.CN(C)C. The fraction of sp³-hybridized carbons (Fsp3) is 0.333. The monoisotopic (exact) mass is 258 g/mol. The van der Waals surface area contributed by atoms with Crippen molar-refractivity contribution in [1.29, 1.82) is 0 Å². The zero-order valence-corrected chi connectivity index (χ0v) is 10.2. The number of rotatable bonds is 2. The number of nitrogens with one attached hydrogen (secondary N) is 2. The fourth-order valence-electron chi connectivity index (χ4n) is 0.629. The molecule has 0 aliphatic heterocycles. The molecule has 0 aromatic carbocycles. The van der Waals surface area contributed by atoms with Gasteiger partial charge in [0.25, 0.3) is 0 Å². The molecule has 0 bridgehead atoms. The summed E-state index contributed by atoms with van der Waals surface area (Å²) in [6, 6.07) is 0. The third-order valence-electron chi connectivity index (χ3n) is 1.16. The second-order valence-electron chi connectivity index (χ2n) is 3.44. The summed E-state index contributed by atoms with van der Waals surface area (Å²) in [5.41, 5.74) is -3.27. The Kier molecular flexibility index (Phi) is 6.07. The molecule has 0 saturated carbocycles. The smallest absolute Gasteiger partial charge is 0.322 e. The topological polar surface area (TPSA) is 117 Å². The van der Waals surface area contributed by atoms with Crippen molar-refractivity contribution in [2.24, 2.45) is 0 Å². The zero-order valence-electron chi connectivity index (χ0n) is 10.2. The van der Waals surface area contributed by atoms with Gasteiger partial charge in [0, 0.05) is 6.08 Å². The van der Waals surface area contributed by atoms with Crippen LogP contribution < -0.4 is 21.9 Å². The number of aromatic nitrogens is 3. The third-order valence-corrected chi connectivity index (χ3v) is 1.16. The first-order valence-corrected chi connectivity index (χ1v) is 4.69. The van der Waals surface area contributed by atoms with Crippen molar-refractivity contribution >= 4 is 5.97 Å². The Balaban J connectivity index is 0.000000631. The van der Waals surface area contributed by atoms with Gasteiger partial charge in [-0.1, -0.05) is 11.3 Å². The molecule has 0 radical (unpaired) electrons. The average Bonchev–Trinajstić information content (AvgIpc) is 2.22. The Morgan fingerprint density at radius 1 is 1.22 bits per heavy atom. The van der Waals surface area contributed by atoms with Crippen molar-refractivity contribution in [3.8, 4) is 0 Å². The van der Waals surface area contributed by atoms with Gasteiger partial charge in [-0.25, -0.2) is 19.2 Å². The minimum absolute atomic E-state index is 0.0748. The standard InChI is InChI=1S/C6H5N3O5.C3H9N/c1-2-3(10)14-9-5(12)7-4(11)8-6(9)13;1-4(2)3/h2H,1H2,(H2,7,8,11,12,13);1-3H3. The predicted molar refractivity (Wildman–Crippen MR) is 63.3 cm³/mol. The summed E-state index contributed by atoms with van der Waals surface area (Å²) in [6.07, 6.45) is 0.761. The molecular formula is C9H14N4O5. The van der Waals surface area contributed by atoms with Gasteiger partial charge in [-0.3, -0.25) is 9.97 Å². The minimum Gasteiger partial charge on any atom is -0.322 e. The number of H-pyrrole nitrogens is 2. The fourth-order valence-corrected chi connectivity index (χ4v) is 0.629. The van der Waals surface area contributed by atoms with Gasteiger partial charge >= 0.3 is 23.0 Å². The number of carbonyl (C=O) groups is 1. The lowest BCUT2D eigenvalue weighted by atomic mass is 10.7. The highest BCUT2D eigenvalue weighted by Gasteiger charge is 2.06. The molecule has 0 amide bonds. The number of nitrogens with zero attached hydrogens (tertiary/aromatic N) is 2. The van der Waals surface area contributed by atoms with Crippen LogP contribution in [0.4, 0.5) is 0 Å². The van der Waals surface area contributed by atoms with E-state index in [2.05, 4.69) is 11.4 Å². The molecule has 100 valence electrons. The molecule has 0 unspecified atom stereocenters. The van der Waals surface area contributed by atoms with Crippen LogP contribution >= 0.6 is 0 Å². The number of hydrogen-bond donors (Lipinski definition) is 2. The molecule has 0 atom stereocenters. The highest BCUT2D eigenvalue weighted by molar-refractivity contribution is 5.81. The summed E-state index contributed by atoms with van der Waals surface area (Å²) >= 11 is 0. The lowest BCUT2D eigenvalue weighted by Gasteiger charge is -1.99. The maximum absolute atomic E-state index is 10.9.